The van der Waals surface area contributed by atoms with Gasteiger partial charge in [-0.15, -0.1) is 0 Å². The Bertz CT molecular complexity index is 430. The van der Waals surface area contributed by atoms with Crippen molar-refractivity contribution in [2.75, 3.05) is 23.0 Å². The Morgan fingerprint density at radius 3 is 1.86 bits per heavy atom. The average molecular weight is 458 g/mol. The fourth-order valence-corrected chi connectivity index (χ4v) is 7.73. The van der Waals surface area contributed by atoms with E-state index in [1.807, 2.05) is 6.07 Å². The number of benzene rings is 1. The van der Waals surface area contributed by atoms with Crippen LogP contribution < -0.4 is 34.0 Å². The van der Waals surface area contributed by atoms with E-state index in [9.17, 15) is 4.39 Å². The summed E-state index contributed by atoms with van der Waals surface area (Å²) in [6.07, 6.45) is 5.47. The first-order valence-electron chi connectivity index (χ1n) is 7.37. The standard InChI is InChI=1S/C16H23FS2.2BrH/c17-16-11-14(12-18-7-1-2-8-18)5-6-15(16)13-19-9-3-4-10-19;;/h5-6,11H,1-4,7-10,12-13H2;2*1H/q+2;;/p-2. The molecule has 0 nitrogen and oxygen atoms in total. The fraction of sp³-hybridized carbons (Fsp3) is 0.625. The number of hydrogen-bond acceptors (Lipinski definition) is 0. The highest BCUT2D eigenvalue weighted by Crippen LogP contribution is 2.23. The van der Waals surface area contributed by atoms with Crippen molar-refractivity contribution >= 4 is 21.8 Å². The molecular weight excluding hydrogens is 435 g/mol. The molecule has 0 N–H and O–H groups in total. The van der Waals surface area contributed by atoms with Crippen molar-refractivity contribution in [3.8, 4) is 0 Å². The SMILES string of the molecule is Fc1cc(C[S+]2CCCC2)ccc1C[S+]1CCCC1.[Br-].[Br-]. The van der Waals surface area contributed by atoms with Crippen LogP contribution in [0.15, 0.2) is 18.2 Å². The Balaban J connectivity index is 0.00000110. The van der Waals surface area contributed by atoms with Crippen molar-refractivity contribution in [3.63, 3.8) is 0 Å². The van der Waals surface area contributed by atoms with Gasteiger partial charge in [0.25, 0.3) is 0 Å². The molecule has 0 bridgehead atoms. The largest absolute Gasteiger partial charge is 1.00 e. The zero-order valence-corrected chi connectivity index (χ0v) is 17.1. The Morgan fingerprint density at radius 1 is 0.810 bits per heavy atom. The van der Waals surface area contributed by atoms with Crippen molar-refractivity contribution in [1.82, 2.24) is 0 Å². The van der Waals surface area contributed by atoms with Gasteiger partial charge in [0.05, 0.1) is 0 Å². The van der Waals surface area contributed by atoms with E-state index in [4.69, 9.17) is 0 Å². The predicted molar refractivity (Wildman–Crippen MR) is 86.5 cm³/mol. The number of halogens is 3. The van der Waals surface area contributed by atoms with Gasteiger partial charge in [-0.1, -0.05) is 12.1 Å². The van der Waals surface area contributed by atoms with Crippen molar-refractivity contribution in [3.05, 3.63) is 35.1 Å². The summed E-state index contributed by atoms with van der Waals surface area (Å²) in [5.41, 5.74) is 2.19. The quantitative estimate of drug-likeness (QED) is 0.444. The molecule has 0 amide bonds. The van der Waals surface area contributed by atoms with Gasteiger partial charge >= 0.3 is 0 Å². The van der Waals surface area contributed by atoms with Crippen LogP contribution in [0.3, 0.4) is 0 Å². The first kappa shape index (κ1) is 19.9. The van der Waals surface area contributed by atoms with Crippen LogP contribution in [0.2, 0.25) is 0 Å². The molecule has 0 saturated carbocycles. The second kappa shape index (κ2) is 9.84. The minimum atomic E-state index is 0. The van der Waals surface area contributed by atoms with Gasteiger partial charge in [0.1, 0.15) is 40.3 Å². The van der Waals surface area contributed by atoms with Gasteiger partial charge in [0, 0.05) is 11.1 Å². The minimum absolute atomic E-state index is 0. The first-order chi connectivity index (χ1) is 9.31. The zero-order chi connectivity index (χ0) is 13.1. The van der Waals surface area contributed by atoms with Gasteiger partial charge in [0.15, 0.2) is 0 Å². The van der Waals surface area contributed by atoms with Crippen LogP contribution in [0.25, 0.3) is 0 Å². The van der Waals surface area contributed by atoms with Gasteiger partial charge in [-0.2, -0.15) is 0 Å². The molecule has 2 aliphatic heterocycles. The lowest BCUT2D eigenvalue weighted by molar-refractivity contribution is -0.00100. The van der Waals surface area contributed by atoms with Crippen LogP contribution >= 0.6 is 0 Å². The van der Waals surface area contributed by atoms with E-state index < -0.39 is 0 Å². The molecule has 2 heterocycles. The van der Waals surface area contributed by atoms with Gasteiger partial charge in [-0.3, -0.25) is 0 Å². The molecule has 21 heavy (non-hydrogen) atoms. The van der Waals surface area contributed by atoms with Gasteiger partial charge in [-0.05, 0) is 53.5 Å². The van der Waals surface area contributed by atoms with E-state index >= 15 is 0 Å². The lowest BCUT2D eigenvalue weighted by atomic mass is 10.1. The van der Waals surface area contributed by atoms with Crippen LogP contribution in [0.4, 0.5) is 4.39 Å². The van der Waals surface area contributed by atoms with Crippen molar-refractivity contribution in [2.45, 2.75) is 37.2 Å². The topological polar surface area (TPSA) is 0 Å². The smallest absolute Gasteiger partial charge is 0.136 e. The fourth-order valence-electron chi connectivity index (χ4n) is 2.97. The maximum atomic E-state index is 14.2. The van der Waals surface area contributed by atoms with Crippen molar-refractivity contribution in [1.29, 1.82) is 0 Å². The summed E-state index contributed by atoms with van der Waals surface area (Å²) >= 11 is 0. The molecule has 2 fully saturated rings. The Labute approximate surface area is 154 Å². The zero-order valence-electron chi connectivity index (χ0n) is 12.3. The number of hydrogen-bond donors (Lipinski definition) is 0. The predicted octanol–water partition coefficient (Wildman–Crippen LogP) is -2.34. The molecule has 0 aliphatic carbocycles. The highest BCUT2D eigenvalue weighted by Gasteiger charge is 2.27. The summed E-state index contributed by atoms with van der Waals surface area (Å²) in [5, 5.41) is 0. The monoisotopic (exact) mass is 456 g/mol. The molecule has 3 rings (SSSR count). The van der Waals surface area contributed by atoms with Crippen LogP contribution in [0, 0.1) is 5.82 Å². The first-order valence-corrected chi connectivity index (χ1v) is 10.8. The van der Waals surface area contributed by atoms with Crippen molar-refractivity contribution in [2.24, 2.45) is 0 Å². The van der Waals surface area contributed by atoms with Crippen LogP contribution in [0.1, 0.15) is 36.8 Å². The Hall–Kier alpha value is 0.810. The molecule has 5 heteroatoms. The van der Waals surface area contributed by atoms with Gasteiger partial charge in [-0.25, -0.2) is 4.39 Å². The molecule has 0 aromatic heterocycles. The minimum Gasteiger partial charge on any atom is -1.00 e. The molecule has 1 aromatic carbocycles. The maximum absolute atomic E-state index is 14.2. The third kappa shape index (κ3) is 5.74. The summed E-state index contributed by atoms with van der Waals surface area (Å²) in [6.45, 7) is 0. The van der Waals surface area contributed by atoms with E-state index in [0.29, 0.717) is 21.8 Å². The van der Waals surface area contributed by atoms with E-state index in [1.165, 1.54) is 54.3 Å². The van der Waals surface area contributed by atoms with Crippen LogP contribution in [-0.2, 0) is 33.3 Å². The second-order valence-corrected chi connectivity index (χ2v) is 10.3. The van der Waals surface area contributed by atoms with Crippen LogP contribution in [0.5, 0.6) is 0 Å². The summed E-state index contributed by atoms with van der Waals surface area (Å²) in [5.74, 6) is 7.54. The van der Waals surface area contributed by atoms with Gasteiger partial charge < -0.3 is 34.0 Å². The van der Waals surface area contributed by atoms with Gasteiger partial charge in [0.2, 0.25) is 0 Å². The molecule has 1 aromatic rings. The Morgan fingerprint density at radius 2 is 1.33 bits per heavy atom. The molecule has 2 saturated heterocycles. The third-order valence-electron chi connectivity index (χ3n) is 4.08. The molecule has 0 spiro atoms. The second-order valence-electron chi connectivity index (χ2n) is 5.67. The molecule has 2 aliphatic rings. The van der Waals surface area contributed by atoms with E-state index in [0.717, 1.165) is 17.1 Å². The lowest BCUT2D eigenvalue weighted by Gasteiger charge is -2.06. The van der Waals surface area contributed by atoms with E-state index in [1.54, 1.807) is 0 Å². The van der Waals surface area contributed by atoms with Crippen LogP contribution in [-0.4, -0.2) is 23.0 Å². The lowest BCUT2D eigenvalue weighted by Crippen LogP contribution is -3.00. The summed E-state index contributed by atoms with van der Waals surface area (Å²) < 4.78 is 14.2. The molecule has 0 radical (unpaired) electrons. The van der Waals surface area contributed by atoms with E-state index in [-0.39, 0.29) is 39.8 Å². The normalized spacial score (nSPS) is 19.3. The van der Waals surface area contributed by atoms with Crippen molar-refractivity contribution < 1.29 is 38.4 Å². The molecule has 120 valence electrons. The highest BCUT2D eigenvalue weighted by molar-refractivity contribution is 7.96. The maximum Gasteiger partial charge on any atom is 0.136 e. The summed E-state index contributed by atoms with van der Waals surface area (Å²) in [7, 11) is 1.00. The number of rotatable bonds is 4. The van der Waals surface area contributed by atoms with E-state index in [2.05, 4.69) is 12.1 Å². The summed E-state index contributed by atoms with van der Waals surface area (Å²) in [6, 6.07) is 6.07. The average Bonchev–Trinajstić information content (AvgIpc) is 3.05. The molecule has 0 atom stereocenters. The summed E-state index contributed by atoms with van der Waals surface area (Å²) in [4.78, 5) is 0. The third-order valence-corrected chi connectivity index (χ3v) is 9.00. The highest BCUT2D eigenvalue weighted by atomic mass is 79.9. The Kier molecular flexibility index (Phi) is 9.30. The molecule has 0 unspecified atom stereocenters. The molecular formula is C16H23Br2FS2.